The van der Waals surface area contributed by atoms with Crippen LogP contribution in [-0.4, -0.2) is 17.5 Å². The van der Waals surface area contributed by atoms with Crippen LogP contribution in [0.3, 0.4) is 0 Å². The molecule has 1 saturated heterocycles. The van der Waals surface area contributed by atoms with Crippen molar-refractivity contribution in [3.8, 4) is 0 Å². The Labute approximate surface area is 79.5 Å². The van der Waals surface area contributed by atoms with Crippen molar-refractivity contribution in [3.05, 3.63) is 24.2 Å². The van der Waals surface area contributed by atoms with E-state index in [9.17, 15) is 0 Å². The Morgan fingerprint density at radius 3 is 3.00 bits per heavy atom. The van der Waals surface area contributed by atoms with Crippen molar-refractivity contribution in [1.29, 1.82) is 0 Å². The normalized spacial score (nSPS) is 24.4. The van der Waals surface area contributed by atoms with Crippen LogP contribution in [0.2, 0.25) is 0 Å². The van der Waals surface area contributed by atoms with E-state index < -0.39 is 0 Å². The van der Waals surface area contributed by atoms with Gasteiger partial charge in [0, 0.05) is 6.04 Å². The van der Waals surface area contributed by atoms with E-state index in [-0.39, 0.29) is 0 Å². The van der Waals surface area contributed by atoms with Crippen LogP contribution in [0.25, 0.3) is 0 Å². The van der Waals surface area contributed by atoms with E-state index in [0.29, 0.717) is 12.1 Å². The molecule has 2 rings (SSSR count). The van der Waals surface area contributed by atoms with Crippen LogP contribution in [0.4, 0.5) is 0 Å². The van der Waals surface area contributed by atoms with Gasteiger partial charge in [0.1, 0.15) is 5.76 Å². The zero-order valence-corrected chi connectivity index (χ0v) is 8.36. The van der Waals surface area contributed by atoms with Crippen molar-refractivity contribution < 1.29 is 4.42 Å². The van der Waals surface area contributed by atoms with E-state index in [1.807, 2.05) is 6.07 Å². The quantitative estimate of drug-likeness (QED) is 0.694. The lowest BCUT2D eigenvalue weighted by Gasteiger charge is -2.26. The molecule has 0 amide bonds. The highest BCUT2D eigenvalue weighted by Gasteiger charge is 2.29. The highest BCUT2D eigenvalue weighted by Crippen LogP contribution is 2.33. The average molecular weight is 179 g/mol. The van der Waals surface area contributed by atoms with Gasteiger partial charge in [-0.1, -0.05) is 0 Å². The summed E-state index contributed by atoms with van der Waals surface area (Å²) < 4.78 is 5.46. The fourth-order valence-electron chi connectivity index (χ4n) is 2.19. The van der Waals surface area contributed by atoms with Gasteiger partial charge >= 0.3 is 0 Å². The van der Waals surface area contributed by atoms with E-state index in [1.165, 1.54) is 19.4 Å². The van der Waals surface area contributed by atoms with E-state index in [4.69, 9.17) is 4.42 Å². The molecule has 0 aliphatic carbocycles. The Morgan fingerprint density at radius 2 is 2.38 bits per heavy atom. The molecule has 1 atom stereocenters. The van der Waals surface area contributed by atoms with E-state index >= 15 is 0 Å². The Balaban J connectivity index is 2.14. The Morgan fingerprint density at radius 1 is 1.54 bits per heavy atom. The zero-order valence-electron chi connectivity index (χ0n) is 8.36. The molecule has 72 valence electrons. The summed E-state index contributed by atoms with van der Waals surface area (Å²) in [5.41, 5.74) is 0. The molecular formula is C11H17NO. The number of rotatable bonds is 2. The van der Waals surface area contributed by atoms with E-state index in [2.05, 4.69) is 24.8 Å². The van der Waals surface area contributed by atoms with Gasteiger partial charge in [-0.25, -0.2) is 0 Å². The molecule has 0 aromatic carbocycles. The lowest BCUT2D eigenvalue weighted by Crippen LogP contribution is -2.29. The SMILES string of the molecule is CC(C)N1CCCC1c1ccco1. The van der Waals surface area contributed by atoms with Crippen molar-refractivity contribution in [2.24, 2.45) is 0 Å². The predicted octanol–water partition coefficient (Wildman–Crippen LogP) is 2.82. The van der Waals surface area contributed by atoms with Crippen LogP contribution >= 0.6 is 0 Å². The van der Waals surface area contributed by atoms with Crippen LogP contribution < -0.4 is 0 Å². The number of likely N-dealkylation sites (tertiary alicyclic amines) is 1. The summed E-state index contributed by atoms with van der Waals surface area (Å²) in [5.74, 6) is 1.13. The number of hydrogen-bond acceptors (Lipinski definition) is 2. The predicted molar refractivity (Wildman–Crippen MR) is 52.5 cm³/mol. The fraction of sp³-hybridized carbons (Fsp3) is 0.636. The van der Waals surface area contributed by atoms with Gasteiger partial charge in [0.15, 0.2) is 0 Å². The third-order valence-electron chi connectivity index (χ3n) is 2.83. The second-order valence-corrected chi connectivity index (χ2v) is 4.01. The Bertz CT molecular complexity index is 253. The third kappa shape index (κ3) is 1.63. The molecule has 0 saturated carbocycles. The first kappa shape index (κ1) is 8.82. The van der Waals surface area contributed by atoms with Gasteiger partial charge in [-0.3, -0.25) is 4.90 Å². The summed E-state index contributed by atoms with van der Waals surface area (Å²) in [7, 11) is 0. The standard InChI is InChI=1S/C11H17NO/c1-9(2)12-7-3-5-10(12)11-6-4-8-13-11/h4,6,8-10H,3,5,7H2,1-2H3. The van der Waals surface area contributed by atoms with E-state index in [1.54, 1.807) is 6.26 Å². The van der Waals surface area contributed by atoms with Gasteiger partial charge < -0.3 is 4.42 Å². The molecule has 2 heterocycles. The average Bonchev–Trinajstić information content (AvgIpc) is 2.74. The second kappa shape index (κ2) is 3.54. The summed E-state index contributed by atoms with van der Waals surface area (Å²) in [6, 6.07) is 5.21. The van der Waals surface area contributed by atoms with Crippen molar-refractivity contribution in [3.63, 3.8) is 0 Å². The molecule has 0 radical (unpaired) electrons. The first-order chi connectivity index (χ1) is 6.29. The van der Waals surface area contributed by atoms with Gasteiger partial charge in [0.05, 0.1) is 12.3 Å². The minimum Gasteiger partial charge on any atom is -0.468 e. The summed E-state index contributed by atoms with van der Waals surface area (Å²) >= 11 is 0. The van der Waals surface area contributed by atoms with Crippen molar-refractivity contribution in [1.82, 2.24) is 4.90 Å². The largest absolute Gasteiger partial charge is 0.468 e. The summed E-state index contributed by atoms with van der Waals surface area (Å²) in [4.78, 5) is 2.51. The molecule has 1 aliphatic heterocycles. The fourth-order valence-corrected chi connectivity index (χ4v) is 2.19. The summed E-state index contributed by atoms with van der Waals surface area (Å²) in [5, 5.41) is 0. The smallest absolute Gasteiger partial charge is 0.120 e. The monoisotopic (exact) mass is 179 g/mol. The number of nitrogens with zero attached hydrogens (tertiary/aromatic N) is 1. The van der Waals surface area contributed by atoms with Crippen LogP contribution in [0.15, 0.2) is 22.8 Å². The van der Waals surface area contributed by atoms with Crippen LogP contribution in [0.1, 0.15) is 38.5 Å². The molecule has 1 fully saturated rings. The van der Waals surface area contributed by atoms with Gasteiger partial charge in [0.25, 0.3) is 0 Å². The van der Waals surface area contributed by atoms with Crippen LogP contribution in [0.5, 0.6) is 0 Å². The van der Waals surface area contributed by atoms with Gasteiger partial charge in [-0.15, -0.1) is 0 Å². The highest BCUT2D eigenvalue weighted by molar-refractivity contribution is 5.06. The van der Waals surface area contributed by atoms with Crippen molar-refractivity contribution in [2.75, 3.05) is 6.54 Å². The third-order valence-corrected chi connectivity index (χ3v) is 2.83. The lowest BCUT2D eigenvalue weighted by molar-refractivity contribution is 0.184. The summed E-state index contributed by atoms with van der Waals surface area (Å²) in [6.45, 7) is 5.71. The van der Waals surface area contributed by atoms with Crippen LogP contribution in [0, 0.1) is 0 Å². The first-order valence-corrected chi connectivity index (χ1v) is 5.08. The molecule has 2 heteroatoms. The maximum atomic E-state index is 5.46. The molecular weight excluding hydrogens is 162 g/mol. The molecule has 1 unspecified atom stereocenters. The minimum absolute atomic E-state index is 0.523. The molecule has 0 spiro atoms. The molecule has 0 N–H and O–H groups in total. The van der Waals surface area contributed by atoms with E-state index in [0.717, 1.165) is 5.76 Å². The summed E-state index contributed by atoms with van der Waals surface area (Å²) in [6.07, 6.45) is 4.31. The second-order valence-electron chi connectivity index (χ2n) is 4.01. The molecule has 1 aromatic rings. The molecule has 1 aliphatic rings. The van der Waals surface area contributed by atoms with Gasteiger partial charge in [-0.05, 0) is 45.4 Å². The number of furan rings is 1. The van der Waals surface area contributed by atoms with Crippen molar-refractivity contribution in [2.45, 2.75) is 38.8 Å². The molecule has 2 nitrogen and oxygen atoms in total. The van der Waals surface area contributed by atoms with Gasteiger partial charge in [0.2, 0.25) is 0 Å². The topological polar surface area (TPSA) is 16.4 Å². The Kier molecular flexibility index (Phi) is 2.40. The molecule has 1 aromatic heterocycles. The maximum absolute atomic E-state index is 5.46. The number of hydrogen-bond donors (Lipinski definition) is 0. The van der Waals surface area contributed by atoms with Crippen molar-refractivity contribution >= 4 is 0 Å². The highest BCUT2D eigenvalue weighted by atomic mass is 16.3. The van der Waals surface area contributed by atoms with Gasteiger partial charge in [-0.2, -0.15) is 0 Å². The first-order valence-electron chi connectivity index (χ1n) is 5.08. The Hall–Kier alpha value is -0.760. The lowest BCUT2D eigenvalue weighted by atomic mass is 10.1. The van der Waals surface area contributed by atoms with Crippen LogP contribution in [-0.2, 0) is 0 Å². The molecule has 13 heavy (non-hydrogen) atoms. The molecule has 0 bridgehead atoms. The minimum atomic E-state index is 0.523. The maximum Gasteiger partial charge on any atom is 0.120 e. The zero-order chi connectivity index (χ0) is 9.26.